The van der Waals surface area contributed by atoms with Gasteiger partial charge in [-0.2, -0.15) is 0 Å². The van der Waals surface area contributed by atoms with Crippen LogP contribution in [0.3, 0.4) is 0 Å². The van der Waals surface area contributed by atoms with E-state index in [9.17, 15) is 4.79 Å². The molecule has 1 aliphatic heterocycles. The summed E-state index contributed by atoms with van der Waals surface area (Å²) in [5.41, 5.74) is 0.971. The Balaban J connectivity index is 1.75. The molecule has 0 spiro atoms. The highest BCUT2D eigenvalue weighted by Gasteiger charge is 2.33. The summed E-state index contributed by atoms with van der Waals surface area (Å²) in [6.07, 6.45) is 1.17. The zero-order valence-electron chi connectivity index (χ0n) is 16.7. The van der Waals surface area contributed by atoms with Crippen LogP contribution in [0.5, 0.6) is 5.75 Å². The third-order valence-electron chi connectivity index (χ3n) is 4.83. The van der Waals surface area contributed by atoms with Crippen LogP contribution in [0.2, 0.25) is 0 Å². The van der Waals surface area contributed by atoms with Gasteiger partial charge in [0.25, 0.3) is 0 Å². The van der Waals surface area contributed by atoms with Gasteiger partial charge in [0, 0.05) is 31.7 Å². The third-order valence-corrected chi connectivity index (χ3v) is 4.83. The Morgan fingerprint density at radius 1 is 1.23 bits per heavy atom. The molecule has 6 heteroatoms. The van der Waals surface area contributed by atoms with E-state index in [-0.39, 0.29) is 23.8 Å². The molecule has 2 atom stereocenters. The maximum atomic E-state index is 12.1. The van der Waals surface area contributed by atoms with Gasteiger partial charge < -0.3 is 20.1 Å². The highest BCUT2D eigenvalue weighted by atomic mass is 16.5. The van der Waals surface area contributed by atoms with Gasteiger partial charge in [0.05, 0.1) is 19.3 Å². The fourth-order valence-electron chi connectivity index (χ4n) is 3.36. The van der Waals surface area contributed by atoms with Crippen molar-refractivity contribution >= 4 is 6.03 Å². The molecule has 1 fully saturated rings. The fraction of sp³-hybridized carbons (Fsp3) is 0.650. The van der Waals surface area contributed by atoms with E-state index in [1.54, 1.807) is 7.11 Å². The van der Waals surface area contributed by atoms with Gasteiger partial charge in [0.1, 0.15) is 5.75 Å². The Morgan fingerprint density at radius 2 is 1.88 bits per heavy atom. The number of nitrogens with zero attached hydrogens (tertiary/aromatic N) is 1. The summed E-state index contributed by atoms with van der Waals surface area (Å²) < 4.78 is 11.1. The molecule has 2 amide bonds. The lowest BCUT2D eigenvalue weighted by atomic mass is 10.00. The lowest BCUT2D eigenvalue weighted by Crippen LogP contribution is -2.59. The Hall–Kier alpha value is -1.79. The predicted octanol–water partition coefficient (Wildman–Crippen LogP) is 2.42. The highest BCUT2D eigenvalue weighted by molar-refractivity contribution is 5.73. The number of urea groups is 1. The number of ether oxygens (including phenoxy) is 2. The van der Waals surface area contributed by atoms with Crippen molar-refractivity contribution in [3.63, 3.8) is 0 Å². The normalized spacial score (nSPS) is 21.3. The van der Waals surface area contributed by atoms with Crippen LogP contribution in [0.15, 0.2) is 24.3 Å². The monoisotopic (exact) mass is 363 g/mol. The van der Waals surface area contributed by atoms with E-state index in [4.69, 9.17) is 9.47 Å². The van der Waals surface area contributed by atoms with Gasteiger partial charge in [-0.25, -0.2) is 4.79 Å². The molecule has 2 rings (SSSR count). The standard InChI is InChI=1S/C20H33N3O3/c1-15-12-23(13-16(2)26-15)20(3,4)14-22-19(24)21-11-10-17-8-6-7-9-18(17)25-5/h6-9,15-16H,10-14H2,1-5H3,(H2,21,22,24). The molecule has 146 valence electrons. The number of nitrogens with one attached hydrogen (secondary N) is 2. The summed E-state index contributed by atoms with van der Waals surface area (Å²) in [6, 6.07) is 7.73. The van der Waals surface area contributed by atoms with E-state index in [1.165, 1.54) is 0 Å². The average molecular weight is 364 g/mol. The Labute approximate surface area is 157 Å². The molecule has 0 bridgehead atoms. The number of amides is 2. The first-order chi connectivity index (χ1) is 12.3. The minimum absolute atomic E-state index is 0.119. The average Bonchev–Trinajstić information content (AvgIpc) is 2.59. The molecule has 0 radical (unpaired) electrons. The topological polar surface area (TPSA) is 62.8 Å². The number of hydrogen-bond acceptors (Lipinski definition) is 4. The van der Waals surface area contributed by atoms with Crippen LogP contribution < -0.4 is 15.4 Å². The molecular weight excluding hydrogens is 330 g/mol. The van der Waals surface area contributed by atoms with Crippen molar-refractivity contribution in [1.29, 1.82) is 0 Å². The number of hydrogen-bond donors (Lipinski definition) is 2. The Morgan fingerprint density at radius 3 is 2.54 bits per heavy atom. The van der Waals surface area contributed by atoms with Crippen LogP contribution in [0.1, 0.15) is 33.3 Å². The number of carbonyl (C=O) groups is 1. The van der Waals surface area contributed by atoms with Gasteiger partial charge >= 0.3 is 6.03 Å². The van der Waals surface area contributed by atoms with Gasteiger partial charge in [0.15, 0.2) is 0 Å². The fourth-order valence-corrected chi connectivity index (χ4v) is 3.36. The maximum absolute atomic E-state index is 12.1. The molecule has 26 heavy (non-hydrogen) atoms. The second-order valence-electron chi connectivity index (χ2n) is 7.65. The molecule has 0 aromatic heterocycles. The maximum Gasteiger partial charge on any atom is 0.314 e. The summed E-state index contributed by atoms with van der Waals surface area (Å²) in [6.45, 7) is 11.4. The second kappa shape index (κ2) is 9.24. The summed E-state index contributed by atoms with van der Waals surface area (Å²) >= 11 is 0. The van der Waals surface area contributed by atoms with E-state index in [1.807, 2.05) is 24.3 Å². The van der Waals surface area contributed by atoms with E-state index >= 15 is 0 Å². The van der Waals surface area contributed by atoms with Crippen molar-refractivity contribution in [3.8, 4) is 5.75 Å². The molecular formula is C20H33N3O3. The van der Waals surface area contributed by atoms with Gasteiger partial charge in [-0.15, -0.1) is 0 Å². The number of carbonyl (C=O) groups excluding carboxylic acids is 1. The van der Waals surface area contributed by atoms with E-state index in [0.29, 0.717) is 13.1 Å². The van der Waals surface area contributed by atoms with E-state index in [0.717, 1.165) is 30.8 Å². The molecule has 1 saturated heterocycles. The first-order valence-electron chi connectivity index (χ1n) is 9.36. The summed E-state index contributed by atoms with van der Waals surface area (Å²) in [5, 5.41) is 5.93. The number of methoxy groups -OCH3 is 1. The molecule has 1 aliphatic rings. The molecule has 1 aromatic carbocycles. The molecule has 2 N–H and O–H groups in total. The molecule has 1 aromatic rings. The largest absolute Gasteiger partial charge is 0.496 e. The highest BCUT2D eigenvalue weighted by Crippen LogP contribution is 2.20. The second-order valence-corrected chi connectivity index (χ2v) is 7.65. The van der Waals surface area contributed by atoms with Crippen LogP contribution >= 0.6 is 0 Å². The van der Waals surface area contributed by atoms with E-state index in [2.05, 4.69) is 43.2 Å². The van der Waals surface area contributed by atoms with Crippen LogP contribution in [0, 0.1) is 0 Å². The minimum atomic E-state index is -0.137. The first kappa shape index (κ1) is 20.5. The van der Waals surface area contributed by atoms with Crippen molar-refractivity contribution in [1.82, 2.24) is 15.5 Å². The van der Waals surface area contributed by atoms with Crippen LogP contribution in [-0.4, -0.2) is 62.0 Å². The van der Waals surface area contributed by atoms with Crippen molar-refractivity contribution in [3.05, 3.63) is 29.8 Å². The summed E-state index contributed by atoms with van der Waals surface area (Å²) in [5.74, 6) is 0.853. The molecule has 0 saturated carbocycles. The van der Waals surface area contributed by atoms with Crippen molar-refractivity contribution in [2.75, 3.05) is 33.3 Å². The lowest BCUT2D eigenvalue weighted by Gasteiger charge is -2.45. The van der Waals surface area contributed by atoms with E-state index < -0.39 is 0 Å². The lowest BCUT2D eigenvalue weighted by molar-refractivity contribution is -0.0947. The summed E-state index contributed by atoms with van der Waals surface area (Å²) in [7, 11) is 1.66. The quantitative estimate of drug-likeness (QED) is 0.781. The van der Waals surface area contributed by atoms with Gasteiger partial charge in [-0.05, 0) is 45.7 Å². The Kier molecular flexibility index (Phi) is 7.29. The molecule has 6 nitrogen and oxygen atoms in total. The van der Waals surface area contributed by atoms with Crippen molar-refractivity contribution < 1.29 is 14.3 Å². The van der Waals surface area contributed by atoms with Crippen LogP contribution in [0.25, 0.3) is 0 Å². The smallest absolute Gasteiger partial charge is 0.314 e. The van der Waals surface area contributed by atoms with Crippen LogP contribution in [0.4, 0.5) is 4.79 Å². The molecule has 0 aliphatic carbocycles. The van der Waals surface area contributed by atoms with Gasteiger partial charge in [-0.3, -0.25) is 4.90 Å². The zero-order valence-corrected chi connectivity index (χ0v) is 16.7. The number of benzene rings is 1. The van der Waals surface area contributed by atoms with Gasteiger partial charge in [0.2, 0.25) is 0 Å². The van der Waals surface area contributed by atoms with Crippen LogP contribution in [-0.2, 0) is 11.2 Å². The SMILES string of the molecule is COc1ccccc1CCNC(=O)NCC(C)(C)N1CC(C)OC(C)C1. The molecule has 1 heterocycles. The number of rotatable bonds is 7. The minimum Gasteiger partial charge on any atom is -0.496 e. The third kappa shape index (κ3) is 5.88. The predicted molar refractivity (Wildman–Crippen MR) is 104 cm³/mol. The first-order valence-corrected chi connectivity index (χ1v) is 9.36. The van der Waals surface area contributed by atoms with Gasteiger partial charge in [-0.1, -0.05) is 18.2 Å². The van der Waals surface area contributed by atoms with Crippen molar-refractivity contribution in [2.24, 2.45) is 0 Å². The van der Waals surface area contributed by atoms with Crippen molar-refractivity contribution in [2.45, 2.75) is 51.9 Å². The zero-order chi connectivity index (χ0) is 19.2. The number of para-hydroxylation sites is 1. The number of morpholine rings is 1. The summed E-state index contributed by atoms with van der Waals surface area (Å²) in [4.78, 5) is 14.5. The Bertz CT molecular complexity index is 581. The molecule has 2 unspecified atom stereocenters.